The van der Waals surface area contributed by atoms with Crippen LogP contribution in [-0.2, 0) is 6.42 Å². The van der Waals surface area contributed by atoms with Crippen LogP contribution in [0.15, 0.2) is 24.5 Å². The van der Waals surface area contributed by atoms with Gasteiger partial charge >= 0.3 is 0 Å². The van der Waals surface area contributed by atoms with Gasteiger partial charge in [0.1, 0.15) is 0 Å². The fourth-order valence-corrected chi connectivity index (χ4v) is 1.74. The van der Waals surface area contributed by atoms with E-state index in [0.717, 1.165) is 25.8 Å². The lowest BCUT2D eigenvalue weighted by atomic mass is 10.0. The second kappa shape index (κ2) is 7.90. The van der Waals surface area contributed by atoms with Crippen molar-refractivity contribution in [2.24, 2.45) is 0 Å². The maximum absolute atomic E-state index is 4.03. The molecule has 1 heterocycles. The van der Waals surface area contributed by atoms with Crippen LogP contribution in [0.25, 0.3) is 0 Å². The fourth-order valence-electron chi connectivity index (χ4n) is 1.74. The lowest BCUT2D eigenvalue weighted by Gasteiger charge is -2.16. The molecular weight excluding hydrogens is 196 g/mol. The largest absolute Gasteiger partial charge is 0.314 e. The third kappa shape index (κ3) is 4.95. The van der Waals surface area contributed by atoms with Gasteiger partial charge in [0.2, 0.25) is 0 Å². The van der Waals surface area contributed by atoms with E-state index in [0.29, 0.717) is 6.04 Å². The van der Waals surface area contributed by atoms with Crippen molar-refractivity contribution in [3.8, 4) is 11.8 Å². The van der Waals surface area contributed by atoms with E-state index in [1.165, 1.54) is 5.56 Å². The summed E-state index contributed by atoms with van der Waals surface area (Å²) in [5.41, 5.74) is 1.34. The molecule has 0 aliphatic heterocycles. The Morgan fingerprint density at radius 1 is 1.38 bits per heavy atom. The smallest absolute Gasteiger partial charge is 0.0270 e. The molecule has 0 aliphatic rings. The number of hydrogen-bond acceptors (Lipinski definition) is 2. The number of nitrogens with zero attached hydrogens (tertiary/aromatic N) is 1. The van der Waals surface area contributed by atoms with Crippen LogP contribution in [-0.4, -0.2) is 17.6 Å². The van der Waals surface area contributed by atoms with E-state index in [1.54, 1.807) is 0 Å². The molecule has 1 aromatic heterocycles. The quantitative estimate of drug-likeness (QED) is 0.739. The zero-order valence-electron chi connectivity index (χ0n) is 10.2. The summed E-state index contributed by atoms with van der Waals surface area (Å²) in [6.45, 7) is 5.05. The number of likely N-dealkylation sites (N-methyl/N-ethyl adjacent to an activating group) is 1. The van der Waals surface area contributed by atoms with Gasteiger partial charge in [-0.1, -0.05) is 6.92 Å². The molecule has 0 amide bonds. The molecule has 0 bridgehead atoms. The molecular formula is C14H20N2. The van der Waals surface area contributed by atoms with Crippen molar-refractivity contribution in [2.45, 2.75) is 39.2 Å². The summed E-state index contributed by atoms with van der Waals surface area (Å²) in [6, 6.07) is 4.68. The summed E-state index contributed by atoms with van der Waals surface area (Å²) in [5.74, 6) is 6.06. The van der Waals surface area contributed by atoms with Crippen molar-refractivity contribution in [1.82, 2.24) is 10.3 Å². The minimum Gasteiger partial charge on any atom is -0.314 e. The van der Waals surface area contributed by atoms with E-state index in [4.69, 9.17) is 0 Å². The zero-order valence-corrected chi connectivity index (χ0v) is 10.2. The third-order valence-electron chi connectivity index (χ3n) is 2.52. The van der Waals surface area contributed by atoms with Gasteiger partial charge in [0.05, 0.1) is 0 Å². The topological polar surface area (TPSA) is 24.9 Å². The van der Waals surface area contributed by atoms with Crippen molar-refractivity contribution in [3.63, 3.8) is 0 Å². The average molecular weight is 216 g/mol. The summed E-state index contributed by atoms with van der Waals surface area (Å²) in [6.07, 6.45) is 6.84. The van der Waals surface area contributed by atoms with Crippen LogP contribution >= 0.6 is 0 Å². The molecule has 1 atom stereocenters. The van der Waals surface area contributed by atoms with Crippen LogP contribution in [0, 0.1) is 11.8 Å². The second-order valence-electron chi connectivity index (χ2n) is 3.78. The van der Waals surface area contributed by atoms with Crippen LogP contribution in [0.5, 0.6) is 0 Å². The van der Waals surface area contributed by atoms with Gasteiger partial charge in [0.25, 0.3) is 0 Å². The van der Waals surface area contributed by atoms with E-state index in [-0.39, 0.29) is 0 Å². The van der Waals surface area contributed by atoms with E-state index in [9.17, 15) is 0 Å². The highest BCUT2D eigenvalue weighted by atomic mass is 14.9. The zero-order chi connectivity index (χ0) is 11.6. The van der Waals surface area contributed by atoms with Gasteiger partial charge in [-0.15, -0.1) is 11.8 Å². The van der Waals surface area contributed by atoms with Crippen molar-refractivity contribution >= 4 is 0 Å². The van der Waals surface area contributed by atoms with Gasteiger partial charge in [-0.2, -0.15) is 0 Å². The number of pyridine rings is 1. The minimum atomic E-state index is 0.522. The number of aromatic nitrogens is 1. The Morgan fingerprint density at radius 2 is 2.12 bits per heavy atom. The van der Waals surface area contributed by atoms with Gasteiger partial charge < -0.3 is 5.32 Å². The lowest BCUT2D eigenvalue weighted by molar-refractivity contribution is 0.497. The SMILES string of the molecule is CC#CCCC(Cc1ccncc1)NCC. The van der Waals surface area contributed by atoms with Crippen molar-refractivity contribution in [1.29, 1.82) is 0 Å². The molecule has 1 aromatic rings. The summed E-state index contributed by atoms with van der Waals surface area (Å²) in [7, 11) is 0. The molecule has 2 heteroatoms. The van der Waals surface area contributed by atoms with Crippen LogP contribution in [0.4, 0.5) is 0 Å². The summed E-state index contributed by atoms with van der Waals surface area (Å²) in [5, 5.41) is 3.50. The molecule has 1 rings (SSSR count). The molecule has 0 saturated carbocycles. The molecule has 0 fully saturated rings. The average Bonchev–Trinajstić information content (AvgIpc) is 2.31. The monoisotopic (exact) mass is 216 g/mol. The highest BCUT2D eigenvalue weighted by molar-refractivity contribution is 5.11. The Hall–Kier alpha value is -1.33. The molecule has 16 heavy (non-hydrogen) atoms. The lowest BCUT2D eigenvalue weighted by Crippen LogP contribution is -2.30. The first-order valence-corrected chi connectivity index (χ1v) is 5.88. The van der Waals surface area contributed by atoms with Gasteiger partial charge in [-0.25, -0.2) is 0 Å². The van der Waals surface area contributed by atoms with Crippen molar-refractivity contribution in [2.75, 3.05) is 6.54 Å². The second-order valence-corrected chi connectivity index (χ2v) is 3.78. The Balaban J connectivity index is 2.46. The maximum Gasteiger partial charge on any atom is 0.0270 e. The number of rotatable bonds is 6. The fraction of sp³-hybridized carbons (Fsp3) is 0.500. The number of nitrogens with one attached hydrogen (secondary N) is 1. The van der Waals surface area contributed by atoms with Gasteiger partial charge in [0, 0.05) is 24.9 Å². The van der Waals surface area contributed by atoms with Gasteiger partial charge in [-0.3, -0.25) is 4.98 Å². The Morgan fingerprint density at radius 3 is 2.75 bits per heavy atom. The predicted molar refractivity (Wildman–Crippen MR) is 68.1 cm³/mol. The Bertz CT molecular complexity index is 335. The molecule has 1 unspecified atom stereocenters. The standard InChI is InChI=1S/C14H20N2/c1-3-5-6-7-14(16-4-2)12-13-8-10-15-11-9-13/h8-11,14,16H,4,6-7,12H2,1-2H3. The van der Waals surface area contributed by atoms with Crippen molar-refractivity contribution < 1.29 is 0 Å². The van der Waals surface area contributed by atoms with Gasteiger partial charge in [-0.05, 0) is 44.0 Å². The molecule has 1 N–H and O–H groups in total. The molecule has 0 spiro atoms. The van der Waals surface area contributed by atoms with E-state index < -0.39 is 0 Å². The van der Waals surface area contributed by atoms with E-state index in [2.05, 4.69) is 41.2 Å². The Kier molecular flexibility index (Phi) is 6.29. The minimum absolute atomic E-state index is 0.522. The first-order chi connectivity index (χ1) is 7.86. The highest BCUT2D eigenvalue weighted by Gasteiger charge is 2.06. The summed E-state index contributed by atoms with van der Waals surface area (Å²) >= 11 is 0. The molecule has 0 radical (unpaired) electrons. The molecule has 86 valence electrons. The van der Waals surface area contributed by atoms with E-state index >= 15 is 0 Å². The van der Waals surface area contributed by atoms with Crippen LogP contribution in [0.2, 0.25) is 0 Å². The summed E-state index contributed by atoms with van der Waals surface area (Å²) < 4.78 is 0. The Labute approximate surface area is 98.5 Å². The summed E-state index contributed by atoms with van der Waals surface area (Å²) in [4.78, 5) is 4.03. The van der Waals surface area contributed by atoms with Crippen LogP contribution < -0.4 is 5.32 Å². The van der Waals surface area contributed by atoms with Crippen molar-refractivity contribution in [3.05, 3.63) is 30.1 Å². The number of hydrogen-bond donors (Lipinski definition) is 1. The molecule has 0 aliphatic carbocycles. The molecule has 0 saturated heterocycles. The third-order valence-corrected chi connectivity index (χ3v) is 2.52. The predicted octanol–water partition coefficient (Wildman–Crippen LogP) is 2.41. The van der Waals surface area contributed by atoms with E-state index in [1.807, 2.05) is 19.3 Å². The maximum atomic E-state index is 4.03. The first-order valence-electron chi connectivity index (χ1n) is 5.88. The van der Waals surface area contributed by atoms with Crippen LogP contribution in [0.3, 0.4) is 0 Å². The van der Waals surface area contributed by atoms with Gasteiger partial charge in [0.15, 0.2) is 0 Å². The molecule has 2 nitrogen and oxygen atoms in total. The van der Waals surface area contributed by atoms with Crippen LogP contribution in [0.1, 0.15) is 32.3 Å². The molecule has 0 aromatic carbocycles. The highest BCUT2D eigenvalue weighted by Crippen LogP contribution is 2.06. The first kappa shape index (κ1) is 12.7. The normalized spacial score (nSPS) is 11.6.